The Morgan fingerprint density at radius 1 is 1.00 bits per heavy atom. The molecule has 3 aromatic heterocycles. The van der Waals surface area contributed by atoms with Gasteiger partial charge in [-0.2, -0.15) is 9.50 Å². The zero-order valence-electron chi connectivity index (χ0n) is 15.5. The molecule has 7 heteroatoms. The molecular formula is C23H14ClN3O2S. The van der Waals surface area contributed by atoms with Crippen molar-refractivity contribution < 1.29 is 4.42 Å². The average Bonchev–Trinajstić information content (AvgIpc) is 3.45. The van der Waals surface area contributed by atoms with Crippen molar-refractivity contribution in [1.29, 1.82) is 0 Å². The van der Waals surface area contributed by atoms with Crippen molar-refractivity contribution in [3.05, 3.63) is 104 Å². The molecular weight excluding hydrogens is 418 g/mol. The van der Waals surface area contributed by atoms with E-state index < -0.39 is 0 Å². The second-order valence-corrected chi connectivity index (χ2v) is 7.98. The Hall–Kier alpha value is -3.48. The summed E-state index contributed by atoms with van der Waals surface area (Å²) < 4.78 is 7.69. The lowest BCUT2D eigenvalue weighted by molar-refractivity contribution is 0.571. The van der Waals surface area contributed by atoms with Crippen LogP contribution in [0.15, 0.2) is 75.9 Å². The van der Waals surface area contributed by atoms with Gasteiger partial charge in [0.05, 0.1) is 0 Å². The van der Waals surface area contributed by atoms with Gasteiger partial charge in [0.15, 0.2) is 5.82 Å². The molecule has 5 aromatic rings. The first kappa shape index (κ1) is 18.5. The third-order valence-electron chi connectivity index (χ3n) is 4.43. The first-order valence-corrected chi connectivity index (χ1v) is 10.4. The van der Waals surface area contributed by atoms with E-state index >= 15 is 0 Å². The minimum Gasteiger partial charge on any atom is -0.457 e. The summed E-state index contributed by atoms with van der Waals surface area (Å²) in [5.41, 5.74) is 1.70. The number of rotatable bonds is 4. The van der Waals surface area contributed by atoms with E-state index in [1.165, 1.54) is 15.9 Å². The number of aromatic nitrogens is 3. The van der Waals surface area contributed by atoms with Crippen molar-refractivity contribution in [2.45, 2.75) is 0 Å². The molecule has 146 valence electrons. The van der Waals surface area contributed by atoms with Gasteiger partial charge in [-0.15, -0.1) is 5.10 Å². The van der Waals surface area contributed by atoms with E-state index in [4.69, 9.17) is 16.0 Å². The zero-order valence-corrected chi connectivity index (χ0v) is 17.1. The SMILES string of the molecule is O=c1c(=Cc2ccc(-c3cccc(Cl)c3)o2)sc2nc(C=Cc3ccccc3)nn12. The number of hydrogen-bond acceptors (Lipinski definition) is 5. The quantitative estimate of drug-likeness (QED) is 0.410. The van der Waals surface area contributed by atoms with Crippen LogP contribution in [0.3, 0.4) is 0 Å². The molecule has 0 saturated heterocycles. The number of furan rings is 1. The standard InChI is InChI=1S/C23H14ClN3O2S/c24-17-8-4-7-16(13-17)19-11-10-18(29-19)14-20-22(28)27-23(30-20)25-21(26-27)12-9-15-5-2-1-3-6-15/h1-14H. The predicted octanol–water partition coefficient (Wildman–Crippen LogP) is 4.78. The summed E-state index contributed by atoms with van der Waals surface area (Å²) in [6.07, 6.45) is 5.41. The third-order valence-corrected chi connectivity index (χ3v) is 5.63. The fourth-order valence-corrected chi connectivity index (χ4v) is 4.10. The summed E-state index contributed by atoms with van der Waals surface area (Å²) in [6.45, 7) is 0. The fraction of sp³-hybridized carbons (Fsp3) is 0. The number of benzene rings is 2. The van der Waals surface area contributed by atoms with Gasteiger partial charge in [0.2, 0.25) is 4.96 Å². The van der Waals surface area contributed by atoms with Crippen LogP contribution in [-0.2, 0) is 0 Å². The van der Waals surface area contributed by atoms with Crippen LogP contribution in [0.25, 0.3) is 34.5 Å². The second-order valence-electron chi connectivity index (χ2n) is 6.54. The molecule has 3 heterocycles. The van der Waals surface area contributed by atoms with Gasteiger partial charge in [-0.05, 0) is 35.9 Å². The average molecular weight is 432 g/mol. The first-order chi connectivity index (χ1) is 14.7. The number of thiazole rings is 1. The van der Waals surface area contributed by atoms with Crippen molar-refractivity contribution in [2.75, 3.05) is 0 Å². The summed E-state index contributed by atoms with van der Waals surface area (Å²) in [5.74, 6) is 1.76. The molecule has 0 saturated carbocycles. The lowest BCUT2D eigenvalue weighted by Gasteiger charge is -1.96. The molecule has 0 bridgehead atoms. The van der Waals surface area contributed by atoms with Crippen LogP contribution in [0.1, 0.15) is 17.1 Å². The van der Waals surface area contributed by atoms with Gasteiger partial charge in [0, 0.05) is 16.7 Å². The first-order valence-electron chi connectivity index (χ1n) is 9.16. The van der Waals surface area contributed by atoms with Crippen LogP contribution in [0, 0.1) is 0 Å². The molecule has 0 fully saturated rings. The molecule has 2 aromatic carbocycles. The smallest absolute Gasteiger partial charge is 0.291 e. The molecule has 0 aliphatic rings. The Labute approximate surface area is 180 Å². The van der Waals surface area contributed by atoms with E-state index in [1.54, 1.807) is 12.2 Å². The minimum absolute atomic E-state index is 0.220. The van der Waals surface area contributed by atoms with Crippen molar-refractivity contribution in [2.24, 2.45) is 0 Å². The van der Waals surface area contributed by atoms with Crippen LogP contribution in [-0.4, -0.2) is 14.6 Å². The molecule has 0 amide bonds. The van der Waals surface area contributed by atoms with Crippen LogP contribution in [0.2, 0.25) is 5.02 Å². The number of halogens is 1. The Morgan fingerprint density at radius 3 is 2.67 bits per heavy atom. The van der Waals surface area contributed by atoms with Crippen molar-refractivity contribution >= 4 is 46.1 Å². The molecule has 5 nitrogen and oxygen atoms in total. The zero-order chi connectivity index (χ0) is 20.5. The lowest BCUT2D eigenvalue weighted by atomic mass is 10.2. The summed E-state index contributed by atoms with van der Waals surface area (Å²) in [6, 6.07) is 21.0. The normalized spacial score (nSPS) is 12.4. The van der Waals surface area contributed by atoms with Crippen molar-refractivity contribution in [3.8, 4) is 11.3 Å². The minimum atomic E-state index is -0.220. The maximum absolute atomic E-state index is 12.7. The number of hydrogen-bond donors (Lipinski definition) is 0. The van der Waals surface area contributed by atoms with E-state index in [1.807, 2.05) is 72.8 Å². The highest BCUT2D eigenvalue weighted by Gasteiger charge is 2.10. The molecule has 0 aliphatic heterocycles. The van der Waals surface area contributed by atoms with Gasteiger partial charge in [0.25, 0.3) is 5.56 Å². The maximum Gasteiger partial charge on any atom is 0.291 e. The van der Waals surface area contributed by atoms with Gasteiger partial charge in [-0.3, -0.25) is 4.79 Å². The molecule has 30 heavy (non-hydrogen) atoms. The molecule has 0 N–H and O–H groups in total. The van der Waals surface area contributed by atoms with E-state index in [0.717, 1.165) is 11.1 Å². The monoisotopic (exact) mass is 431 g/mol. The summed E-state index contributed by atoms with van der Waals surface area (Å²) in [7, 11) is 0. The van der Waals surface area contributed by atoms with E-state index in [-0.39, 0.29) is 5.56 Å². The van der Waals surface area contributed by atoms with Crippen LogP contribution in [0.5, 0.6) is 0 Å². The molecule has 0 aliphatic carbocycles. The summed E-state index contributed by atoms with van der Waals surface area (Å²) in [4.78, 5) is 17.7. The fourth-order valence-electron chi connectivity index (χ4n) is 3.01. The Kier molecular flexibility index (Phi) is 4.78. The Bertz CT molecular complexity index is 1480. The summed E-state index contributed by atoms with van der Waals surface area (Å²) in [5, 5.41) is 4.94. The van der Waals surface area contributed by atoms with E-state index in [2.05, 4.69) is 10.1 Å². The predicted molar refractivity (Wildman–Crippen MR) is 120 cm³/mol. The topological polar surface area (TPSA) is 60.4 Å². The largest absolute Gasteiger partial charge is 0.457 e. The molecule has 0 radical (unpaired) electrons. The van der Waals surface area contributed by atoms with Crippen molar-refractivity contribution in [3.63, 3.8) is 0 Å². The molecule has 0 spiro atoms. The van der Waals surface area contributed by atoms with Crippen LogP contribution in [0.4, 0.5) is 0 Å². The van der Waals surface area contributed by atoms with Gasteiger partial charge >= 0.3 is 0 Å². The number of nitrogens with zero attached hydrogens (tertiary/aromatic N) is 3. The Balaban J connectivity index is 1.45. The maximum atomic E-state index is 12.7. The number of fused-ring (bicyclic) bond motifs is 1. The van der Waals surface area contributed by atoms with Gasteiger partial charge in [-0.1, -0.05) is 71.5 Å². The highest BCUT2D eigenvalue weighted by Crippen LogP contribution is 2.25. The van der Waals surface area contributed by atoms with Crippen LogP contribution >= 0.6 is 22.9 Å². The van der Waals surface area contributed by atoms with Gasteiger partial charge in [0.1, 0.15) is 16.1 Å². The van der Waals surface area contributed by atoms with Crippen LogP contribution < -0.4 is 10.1 Å². The molecule has 0 atom stereocenters. The lowest BCUT2D eigenvalue weighted by Crippen LogP contribution is -2.23. The summed E-state index contributed by atoms with van der Waals surface area (Å²) >= 11 is 7.32. The highest BCUT2D eigenvalue weighted by atomic mass is 35.5. The van der Waals surface area contributed by atoms with Gasteiger partial charge in [-0.25, -0.2) is 0 Å². The van der Waals surface area contributed by atoms with E-state index in [9.17, 15) is 4.79 Å². The second kappa shape index (κ2) is 7.74. The molecule has 5 rings (SSSR count). The highest BCUT2D eigenvalue weighted by molar-refractivity contribution is 7.15. The molecule has 0 unspecified atom stereocenters. The Morgan fingerprint density at radius 2 is 1.87 bits per heavy atom. The van der Waals surface area contributed by atoms with Gasteiger partial charge < -0.3 is 4.42 Å². The van der Waals surface area contributed by atoms with E-state index in [0.29, 0.717) is 31.9 Å². The third kappa shape index (κ3) is 3.70. The van der Waals surface area contributed by atoms with Crippen molar-refractivity contribution in [1.82, 2.24) is 14.6 Å².